The van der Waals surface area contributed by atoms with Gasteiger partial charge in [-0.3, -0.25) is 0 Å². The van der Waals surface area contributed by atoms with E-state index in [0.29, 0.717) is 12.5 Å². The molecular weight excluding hydrogens is 212 g/mol. The third kappa shape index (κ3) is 2.53. The van der Waals surface area contributed by atoms with E-state index in [4.69, 9.17) is 5.73 Å². The van der Waals surface area contributed by atoms with Crippen LogP contribution < -0.4 is 5.73 Å². The van der Waals surface area contributed by atoms with Crippen molar-refractivity contribution in [1.82, 2.24) is 14.8 Å². The first-order valence-corrected chi connectivity index (χ1v) is 5.93. The van der Waals surface area contributed by atoms with Gasteiger partial charge in [0.2, 0.25) is 0 Å². The van der Waals surface area contributed by atoms with Crippen LogP contribution in [0.15, 0.2) is 30.3 Å². The van der Waals surface area contributed by atoms with E-state index in [1.54, 1.807) is 0 Å². The van der Waals surface area contributed by atoms with Crippen LogP contribution in [0.1, 0.15) is 31.4 Å². The van der Waals surface area contributed by atoms with Gasteiger partial charge in [-0.1, -0.05) is 32.0 Å². The fourth-order valence-electron chi connectivity index (χ4n) is 1.74. The molecule has 0 atom stereocenters. The van der Waals surface area contributed by atoms with Crippen molar-refractivity contribution in [2.24, 2.45) is 5.73 Å². The molecule has 0 aliphatic heterocycles. The Hall–Kier alpha value is -1.68. The summed E-state index contributed by atoms with van der Waals surface area (Å²) >= 11 is 0. The lowest BCUT2D eigenvalue weighted by molar-refractivity contribution is 0.713. The average molecular weight is 230 g/mol. The molecule has 17 heavy (non-hydrogen) atoms. The van der Waals surface area contributed by atoms with Crippen molar-refractivity contribution in [2.75, 3.05) is 6.54 Å². The minimum atomic E-state index is 0.342. The largest absolute Gasteiger partial charge is 0.330 e. The topological polar surface area (TPSA) is 56.7 Å². The lowest BCUT2D eigenvalue weighted by Crippen LogP contribution is -2.05. The van der Waals surface area contributed by atoms with Crippen molar-refractivity contribution in [1.29, 1.82) is 0 Å². The highest BCUT2D eigenvalue weighted by molar-refractivity contribution is 5.31. The Morgan fingerprint density at radius 3 is 2.53 bits per heavy atom. The van der Waals surface area contributed by atoms with Crippen molar-refractivity contribution < 1.29 is 0 Å². The van der Waals surface area contributed by atoms with E-state index in [9.17, 15) is 0 Å². The molecule has 1 heterocycles. The highest BCUT2D eigenvalue weighted by Crippen LogP contribution is 2.17. The van der Waals surface area contributed by atoms with Crippen LogP contribution in [-0.2, 0) is 6.42 Å². The van der Waals surface area contributed by atoms with Crippen LogP contribution in [0.25, 0.3) is 5.69 Å². The first-order valence-electron chi connectivity index (χ1n) is 5.93. The van der Waals surface area contributed by atoms with Gasteiger partial charge in [0, 0.05) is 12.3 Å². The Morgan fingerprint density at radius 2 is 1.94 bits per heavy atom. The molecule has 0 radical (unpaired) electrons. The summed E-state index contributed by atoms with van der Waals surface area (Å²) in [5.74, 6) is 2.15. The molecule has 0 spiro atoms. The van der Waals surface area contributed by atoms with Crippen LogP contribution in [0, 0.1) is 0 Å². The number of hydrogen-bond donors (Lipinski definition) is 1. The summed E-state index contributed by atoms with van der Waals surface area (Å²) < 4.78 is 1.91. The summed E-state index contributed by atoms with van der Waals surface area (Å²) in [6.45, 7) is 4.82. The fraction of sp³-hybridized carbons (Fsp3) is 0.385. The molecule has 0 fully saturated rings. The number of para-hydroxylation sites is 1. The quantitative estimate of drug-likeness (QED) is 0.872. The molecule has 90 valence electrons. The third-order valence-corrected chi connectivity index (χ3v) is 2.56. The molecule has 0 aliphatic carbocycles. The summed E-state index contributed by atoms with van der Waals surface area (Å²) in [4.78, 5) is 4.55. The zero-order chi connectivity index (χ0) is 12.3. The molecule has 0 amide bonds. The maximum Gasteiger partial charge on any atom is 0.152 e. The van der Waals surface area contributed by atoms with Gasteiger partial charge in [0.25, 0.3) is 0 Å². The van der Waals surface area contributed by atoms with Gasteiger partial charge >= 0.3 is 0 Å². The van der Waals surface area contributed by atoms with Crippen LogP contribution in [0.3, 0.4) is 0 Å². The standard InChI is InChI=1S/C13H18N4/c1-10(2)13-15-12(8-9-14)16-17(13)11-6-4-3-5-7-11/h3-7,10H,8-9,14H2,1-2H3. The molecule has 0 aliphatic rings. The SMILES string of the molecule is CC(C)c1nc(CCN)nn1-c1ccccc1. The number of nitrogens with two attached hydrogens (primary N) is 1. The van der Waals surface area contributed by atoms with Crippen LogP contribution in [-0.4, -0.2) is 21.3 Å². The van der Waals surface area contributed by atoms with Crippen LogP contribution in [0.2, 0.25) is 0 Å². The van der Waals surface area contributed by atoms with E-state index in [1.807, 2.05) is 35.0 Å². The Balaban J connectivity index is 2.44. The molecule has 1 aromatic heterocycles. The summed E-state index contributed by atoms with van der Waals surface area (Å²) in [5.41, 5.74) is 6.59. The first kappa shape index (κ1) is 11.8. The van der Waals surface area contributed by atoms with E-state index >= 15 is 0 Å². The van der Waals surface area contributed by atoms with E-state index < -0.39 is 0 Å². The smallest absolute Gasteiger partial charge is 0.152 e. The molecule has 2 rings (SSSR count). The van der Waals surface area contributed by atoms with Gasteiger partial charge in [-0.15, -0.1) is 0 Å². The maximum atomic E-state index is 5.55. The Labute approximate surface area is 101 Å². The lowest BCUT2D eigenvalue weighted by atomic mass is 10.2. The number of aromatic nitrogens is 3. The second-order valence-corrected chi connectivity index (χ2v) is 4.33. The number of rotatable bonds is 4. The molecule has 4 nitrogen and oxygen atoms in total. The molecule has 2 N–H and O–H groups in total. The second-order valence-electron chi connectivity index (χ2n) is 4.33. The summed E-state index contributed by atoms with van der Waals surface area (Å²) in [6, 6.07) is 10.1. The average Bonchev–Trinajstić information content (AvgIpc) is 2.75. The predicted octanol–water partition coefficient (Wildman–Crippen LogP) is 1.89. The van der Waals surface area contributed by atoms with Crippen molar-refractivity contribution >= 4 is 0 Å². The van der Waals surface area contributed by atoms with Crippen molar-refractivity contribution in [3.8, 4) is 5.69 Å². The number of nitrogens with zero attached hydrogens (tertiary/aromatic N) is 3. The third-order valence-electron chi connectivity index (χ3n) is 2.56. The van der Waals surface area contributed by atoms with Crippen LogP contribution >= 0.6 is 0 Å². The predicted molar refractivity (Wildman–Crippen MR) is 68.2 cm³/mol. The first-order chi connectivity index (χ1) is 8.22. The minimum absolute atomic E-state index is 0.342. The fourth-order valence-corrected chi connectivity index (χ4v) is 1.74. The molecular formula is C13H18N4. The number of hydrogen-bond acceptors (Lipinski definition) is 3. The van der Waals surface area contributed by atoms with Gasteiger partial charge in [-0.05, 0) is 18.7 Å². The summed E-state index contributed by atoms with van der Waals surface area (Å²) in [7, 11) is 0. The molecule has 0 saturated carbocycles. The normalized spacial score (nSPS) is 11.1. The zero-order valence-corrected chi connectivity index (χ0v) is 10.3. The molecule has 0 unspecified atom stereocenters. The van der Waals surface area contributed by atoms with Gasteiger partial charge in [-0.25, -0.2) is 9.67 Å². The van der Waals surface area contributed by atoms with Gasteiger partial charge in [0.15, 0.2) is 5.82 Å². The van der Waals surface area contributed by atoms with Gasteiger partial charge in [-0.2, -0.15) is 5.10 Å². The lowest BCUT2D eigenvalue weighted by Gasteiger charge is -2.07. The monoisotopic (exact) mass is 230 g/mol. The maximum absolute atomic E-state index is 5.55. The van der Waals surface area contributed by atoms with E-state index in [2.05, 4.69) is 23.9 Å². The molecule has 1 aromatic carbocycles. The summed E-state index contributed by atoms with van der Waals surface area (Å²) in [5, 5.41) is 4.52. The second kappa shape index (κ2) is 5.10. The number of benzene rings is 1. The minimum Gasteiger partial charge on any atom is -0.330 e. The Bertz CT molecular complexity index is 473. The van der Waals surface area contributed by atoms with Gasteiger partial charge < -0.3 is 5.73 Å². The highest BCUT2D eigenvalue weighted by atomic mass is 15.4. The van der Waals surface area contributed by atoms with Crippen molar-refractivity contribution in [3.63, 3.8) is 0 Å². The Morgan fingerprint density at radius 1 is 1.24 bits per heavy atom. The Kier molecular flexibility index (Phi) is 3.54. The zero-order valence-electron chi connectivity index (χ0n) is 10.3. The molecule has 4 heteroatoms. The van der Waals surface area contributed by atoms with E-state index in [-0.39, 0.29) is 0 Å². The van der Waals surface area contributed by atoms with E-state index in [1.165, 1.54) is 0 Å². The molecule has 0 bridgehead atoms. The van der Waals surface area contributed by atoms with E-state index in [0.717, 1.165) is 23.8 Å². The van der Waals surface area contributed by atoms with Crippen molar-refractivity contribution in [2.45, 2.75) is 26.2 Å². The van der Waals surface area contributed by atoms with Crippen LogP contribution in [0.4, 0.5) is 0 Å². The van der Waals surface area contributed by atoms with Crippen molar-refractivity contribution in [3.05, 3.63) is 42.0 Å². The summed E-state index contributed by atoms with van der Waals surface area (Å²) in [6.07, 6.45) is 0.722. The van der Waals surface area contributed by atoms with Gasteiger partial charge in [0.05, 0.1) is 5.69 Å². The van der Waals surface area contributed by atoms with Crippen LogP contribution in [0.5, 0.6) is 0 Å². The van der Waals surface area contributed by atoms with Gasteiger partial charge in [0.1, 0.15) is 5.82 Å². The molecule has 0 saturated heterocycles. The molecule has 2 aromatic rings. The highest BCUT2D eigenvalue weighted by Gasteiger charge is 2.13.